The Morgan fingerprint density at radius 2 is 2.05 bits per heavy atom. The molecule has 5 heteroatoms. The van der Waals surface area contributed by atoms with Gasteiger partial charge in [-0.3, -0.25) is 4.79 Å². The van der Waals surface area contributed by atoms with Crippen molar-refractivity contribution in [3.8, 4) is 0 Å². The Kier molecular flexibility index (Phi) is 6.91. The second kappa shape index (κ2) is 8.19. The molecule has 1 aromatic carbocycles. The highest BCUT2D eigenvalue weighted by Gasteiger charge is 2.23. The molecule has 1 aromatic rings. The molecule has 0 unspecified atom stereocenters. The number of aliphatic hydroxyl groups excluding tert-OH is 1. The summed E-state index contributed by atoms with van der Waals surface area (Å²) in [5.74, 6) is -0.176. The van der Waals surface area contributed by atoms with Crippen molar-refractivity contribution in [2.75, 3.05) is 19.5 Å². The van der Waals surface area contributed by atoms with Gasteiger partial charge in [-0.25, -0.2) is 0 Å². The molecule has 106 valence electrons. The first-order chi connectivity index (χ1) is 9.12. The fourth-order valence-corrected chi connectivity index (χ4v) is 2.30. The molecule has 1 amide bonds. The second-order valence-electron chi connectivity index (χ2n) is 4.14. The summed E-state index contributed by atoms with van der Waals surface area (Å²) in [5.41, 5.74) is 0.951. The van der Waals surface area contributed by atoms with Crippen LogP contribution < -0.4 is 5.32 Å². The van der Waals surface area contributed by atoms with Crippen LogP contribution >= 0.6 is 11.8 Å². The molecule has 0 bridgehead atoms. The van der Waals surface area contributed by atoms with Crippen LogP contribution in [0.3, 0.4) is 0 Å². The minimum Gasteiger partial charge on any atom is -0.394 e. The average Bonchev–Trinajstić information content (AvgIpc) is 2.42. The van der Waals surface area contributed by atoms with Crippen LogP contribution in [0.15, 0.2) is 29.2 Å². The number of carbonyl (C=O) groups excluding carboxylic acids is 1. The molecule has 0 fully saturated rings. The molecule has 0 spiro atoms. The number of carbonyl (C=O) groups is 1. The van der Waals surface area contributed by atoms with Crippen molar-refractivity contribution in [1.82, 2.24) is 5.32 Å². The smallest absolute Gasteiger partial charge is 0.217 e. The van der Waals surface area contributed by atoms with Gasteiger partial charge >= 0.3 is 0 Å². The van der Waals surface area contributed by atoms with Crippen LogP contribution in [-0.2, 0) is 9.53 Å². The molecule has 0 saturated heterocycles. The van der Waals surface area contributed by atoms with Gasteiger partial charge < -0.3 is 15.2 Å². The number of nitrogens with one attached hydrogen (secondary N) is 1. The van der Waals surface area contributed by atoms with Crippen LogP contribution in [0.4, 0.5) is 0 Å². The molecule has 0 saturated carbocycles. The highest BCUT2D eigenvalue weighted by molar-refractivity contribution is 7.98. The number of rotatable bonds is 7. The molecule has 2 N–H and O–H groups in total. The van der Waals surface area contributed by atoms with Crippen molar-refractivity contribution in [3.05, 3.63) is 29.8 Å². The van der Waals surface area contributed by atoms with Crippen molar-refractivity contribution in [2.45, 2.75) is 30.9 Å². The number of amides is 1. The van der Waals surface area contributed by atoms with Gasteiger partial charge in [-0.2, -0.15) is 0 Å². The number of aliphatic hydroxyl groups is 1. The van der Waals surface area contributed by atoms with Gasteiger partial charge in [0.15, 0.2) is 0 Å². The number of hydrogen-bond donors (Lipinski definition) is 2. The van der Waals surface area contributed by atoms with E-state index in [-0.39, 0.29) is 18.6 Å². The first kappa shape index (κ1) is 16.0. The lowest BCUT2D eigenvalue weighted by Crippen LogP contribution is -2.41. The van der Waals surface area contributed by atoms with E-state index >= 15 is 0 Å². The maximum Gasteiger partial charge on any atom is 0.217 e. The molecular formula is C14H21NO3S. The minimum atomic E-state index is -0.433. The van der Waals surface area contributed by atoms with Crippen molar-refractivity contribution in [1.29, 1.82) is 0 Å². The van der Waals surface area contributed by atoms with E-state index in [2.05, 4.69) is 5.32 Å². The van der Waals surface area contributed by atoms with Crippen molar-refractivity contribution < 1.29 is 14.6 Å². The van der Waals surface area contributed by atoms with E-state index in [4.69, 9.17) is 4.74 Å². The summed E-state index contributed by atoms with van der Waals surface area (Å²) in [7, 11) is 0. The van der Waals surface area contributed by atoms with E-state index in [1.54, 1.807) is 11.8 Å². The maximum absolute atomic E-state index is 11.2. The molecule has 19 heavy (non-hydrogen) atoms. The highest BCUT2D eigenvalue weighted by atomic mass is 32.2. The van der Waals surface area contributed by atoms with Gasteiger partial charge in [-0.15, -0.1) is 11.8 Å². The van der Waals surface area contributed by atoms with Gasteiger partial charge in [0.05, 0.1) is 12.6 Å². The number of thioether (sulfide) groups is 1. The molecular weight excluding hydrogens is 262 g/mol. The monoisotopic (exact) mass is 283 g/mol. The quantitative estimate of drug-likeness (QED) is 0.751. The molecule has 1 rings (SSSR count). The Morgan fingerprint density at radius 1 is 1.42 bits per heavy atom. The van der Waals surface area contributed by atoms with E-state index < -0.39 is 6.04 Å². The summed E-state index contributed by atoms with van der Waals surface area (Å²) in [6.45, 7) is 3.69. The second-order valence-corrected chi connectivity index (χ2v) is 5.02. The van der Waals surface area contributed by atoms with Crippen molar-refractivity contribution in [3.63, 3.8) is 0 Å². The molecule has 0 aliphatic rings. The van der Waals surface area contributed by atoms with E-state index in [0.717, 1.165) is 5.56 Å². The summed E-state index contributed by atoms with van der Waals surface area (Å²) in [6.07, 6.45) is 1.68. The summed E-state index contributed by atoms with van der Waals surface area (Å²) in [5, 5.41) is 12.2. The number of ether oxygens (including phenoxy) is 1. The largest absolute Gasteiger partial charge is 0.394 e. The third-order valence-electron chi connectivity index (χ3n) is 2.74. The van der Waals surface area contributed by atoms with E-state index in [1.165, 1.54) is 11.8 Å². The van der Waals surface area contributed by atoms with Crippen molar-refractivity contribution >= 4 is 17.7 Å². The lowest BCUT2D eigenvalue weighted by Gasteiger charge is -2.26. The Morgan fingerprint density at radius 3 is 2.47 bits per heavy atom. The van der Waals surface area contributed by atoms with Gasteiger partial charge in [0.1, 0.15) is 6.10 Å². The molecule has 2 atom stereocenters. The molecule has 0 radical (unpaired) electrons. The van der Waals surface area contributed by atoms with Crippen LogP contribution in [0.5, 0.6) is 0 Å². The molecule has 4 nitrogen and oxygen atoms in total. The summed E-state index contributed by atoms with van der Waals surface area (Å²) < 4.78 is 5.67. The third kappa shape index (κ3) is 4.86. The zero-order valence-electron chi connectivity index (χ0n) is 11.6. The van der Waals surface area contributed by atoms with Gasteiger partial charge in [0.25, 0.3) is 0 Å². The van der Waals surface area contributed by atoms with E-state index in [1.807, 2.05) is 37.4 Å². The zero-order valence-corrected chi connectivity index (χ0v) is 12.4. The summed E-state index contributed by atoms with van der Waals surface area (Å²) in [4.78, 5) is 12.3. The number of benzene rings is 1. The maximum atomic E-state index is 11.2. The standard InChI is InChI=1S/C14H21NO3S/c1-4-18-14(13(9-16)15-10(2)17)11-5-7-12(19-3)8-6-11/h5-8,13-14,16H,4,9H2,1-3H3,(H,15,17)/t13-,14-/m0/s1. The molecule has 0 aliphatic heterocycles. The minimum absolute atomic E-state index is 0.158. The van der Waals surface area contributed by atoms with E-state index in [9.17, 15) is 9.90 Å². The topological polar surface area (TPSA) is 58.6 Å². The normalized spacial score (nSPS) is 13.9. The van der Waals surface area contributed by atoms with Crippen LogP contribution in [0.25, 0.3) is 0 Å². The van der Waals surface area contributed by atoms with Gasteiger partial charge in [0.2, 0.25) is 5.91 Å². The van der Waals surface area contributed by atoms with Gasteiger partial charge in [-0.1, -0.05) is 12.1 Å². The van der Waals surface area contributed by atoms with Crippen LogP contribution in [0.2, 0.25) is 0 Å². The summed E-state index contributed by atoms with van der Waals surface area (Å²) in [6, 6.07) is 7.52. The SMILES string of the molecule is CCO[C@@H](c1ccc(SC)cc1)[C@H](CO)NC(C)=O. The van der Waals surface area contributed by atoms with E-state index in [0.29, 0.717) is 6.61 Å². The fraction of sp³-hybridized carbons (Fsp3) is 0.500. The zero-order chi connectivity index (χ0) is 14.3. The Bertz CT molecular complexity index is 394. The van der Waals surface area contributed by atoms with Crippen LogP contribution in [0.1, 0.15) is 25.5 Å². The molecule has 0 aliphatic carbocycles. The predicted molar refractivity (Wildman–Crippen MR) is 77.3 cm³/mol. The lowest BCUT2D eigenvalue weighted by atomic mass is 10.0. The Balaban J connectivity index is 2.92. The first-order valence-electron chi connectivity index (χ1n) is 6.25. The Hall–Kier alpha value is -1.04. The van der Waals surface area contributed by atoms with Gasteiger partial charge in [0, 0.05) is 18.4 Å². The lowest BCUT2D eigenvalue weighted by molar-refractivity contribution is -0.121. The highest BCUT2D eigenvalue weighted by Crippen LogP contribution is 2.24. The molecule has 0 aromatic heterocycles. The summed E-state index contributed by atoms with van der Waals surface area (Å²) >= 11 is 1.67. The Labute approximate surface area is 118 Å². The van der Waals surface area contributed by atoms with Crippen LogP contribution in [-0.4, -0.2) is 36.5 Å². The fourth-order valence-electron chi connectivity index (χ4n) is 1.90. The van der Waals surface area contributed by atoms with Crippen molar-refractivity contribution in [2.24, 2.45) is 0 Å². The van der Waals surface area contributed by atoms with Gasteiger partial charge in [-0.05, 0) is 30.9 Å². The molecule has 0 heterocycles. The average molecular weight is 283 g/mol. The third-order valence-corrected chi connectivity index (χ3v) is 3.48. The number of hydrogen-bond acceptors (Lipinski definition) is 4. The van der Waals surface area contributed by atoms with Crippen LogP contribution in [0, 0.1) is 0 Å². The first-order valence-corrected chi connectivity index (χ1v) is 7.48. The predicted octanol–water partition coefficient (Wildman–Crippen LogP) is 1.98.